The molecule has 2 aliphatic heterocycles. The van der Waals surface area contributed by atoms with E-state index >= 15 is 0 Å². The third-order valence-electron chi connectivity index (χ3n) is 3.87. The van der Waals surface area contributed by atoms with Crippen LogP contribution in [0.3, 0.4) is 0 Å². The molecule has 0 bridgehead atoms. The van der Waals surface area contributed by atoms with Crippen molar-refractivity contribution in [2.24, 2.45) is 5.92 Å². The highest BCUT2D eigenvalue weighted by Gasteiger charge is 2.42. The van der Waals surface area contributed by atoms with Crippen molar-refractivity contribution < 1.29 is 9.59 Å². The van der Waals surface area contributed by atoms with E-state index in [9.17, 15) is 9.59 Å². The Bertz CT molecular complexity index is 387. The van der Waals surface area contributed by atoms with Crippen LogP contribution in [-0.4, -0.2) is 33.9 Å². The lowest BCUT2D eigenvalue weighted by Gasteiger charge is -2.47. The molecule has 1 atom stereocenters. The molecule has 2 fully saturated rings. The number of nitrogens with zero attached hydrogens (tertiary/aromatic N) is 1. The Hall–Kier alpha value is -0.940. The summed E-state index contributed by atoms with van der Waals surface area (Å²) in [4.78, 5) is 23.8. The molecule has 19 heavy (non-hydrogen) atoms. The van der Waals surface area contributed by atoms with E-state index < -0.39 is 0 Å². The van der Waals surface area contributed by atoms with Crippen LogP contribution in [0.2, 0.25) is 0 Å². The second-order valence-electron chi connectivity index (χ2n) is 7.30. The average molecular weight is 267 g/mol. The Balaban J connectivity index is 2.07. The Morgan fingerprint density at radius 1 is 1.16 bits per heavy atom. The van der Waals surface area contributed by atoms with Gasteiger partial charge in [0.2, 0.25) is 11.8 Å². The predicted molar refractivity (Wildman–Crippen MR) is 73.1 cm³/mol. The third kappa shape index (κ3) is 3.15. The molecule has 0 aromatic heterocycles. The first-order valence-electron chi connectivity index (χ1n) is 7.02. The minimum absolute atomic E-state index is 0.00312. The van der Waals surface area contributed by atoms with Crippen LogP contribution in [0.15, 0.2) is 0 Å². The number of piperidine rings is 1. The van der Waals surface area contributed by atoms with Gasteiger partial charge in [-0.3, -0.25) is 9.59 Å². The van der Waals surface area contributed by atoms with E-state index in [-0.39, 0.29) is 34.9 Å². The SMILES string of the molecule is CC1CC(=O)N(NC2CC(C)(C)NC(C)(C)C2)C1=O. The topological polar surface area (TPSA) is 61.4 Å². The molecular weight excluding hydrogens is 242 g/mol. The fourth-order valence-electron chi connectivity index (χ4n) is 3.52. The van der Waals surface area contributed by atoms with Crippen molar-refractivity contribution in [2.75, 3.05) is 0 Å². The molecule has 2 amide bonds. The van der Waals surface area contributed by atoms with E-state index in [0.717, 1.165) is 12.8 Å². The molecule has 2 rings (SSSR count). The van der Waals surface area contributed by atoms with Crippen LogP contribution in [0, 0.1) is 5.92 Å². The van der Waals surface area contributed by atoms with Crippen LogP contribution in [0.5, 0.6) is 0 Å². The van der Waals surface area contributed by atoms with Crippen LogP contribution >= 0.6 is 0 Å². The van der Waals surface area contributed by atoms with Crippen molar-refractivity contribution >= 4 is 11.8 Å². The lowest BCUT2D eigenvalue weighted by atomic mass is 9.80. The largest absolute Gasteiger partial charge is 0.307 e. The van der Waals surface area contributed by atoms with Crippen LogP contribution in [0.4, 0.5) is 0 Å². The van der Waals surface area contributed by atoms with Gasteiger partial charge in [0.25, 0.3) is 0 Å². The summed E-state index contributed by atoms with van der Waals surface area (Å²) in [6.07, 6.45) is 2.10. The first-order chi connectivity index (χ1) is 8.60. The lowest BCUT2D eigenvalue weighted by Crippen LogP contribution is -2.63. The van der Waals surface area contributed by atoms with Gasteiger partial charge in [-0.2, -0.15) is 0 Å². The molecule has 2 saturated heterocycles. The van der Waals surface area contributed by atoms with Gasteiger partial charge < -0.3 is 5.32 Å². The zero-order valence-electron chi connectivity index (χ0n) is 12.5. The molecule has 0 aromatic carbocycles. The van der Waals surface area contributed by atoms with Gasteiger partial charge in [-0.15, -0.1) is 0 Å². The fourth-order valence-corrected chi connectivity index (χ4v) is 3.52. The van der Waals surface area contributed by atoms with Crippen molar-refractivity contribution in [1.82, 2.24) is 15.8 Å². The van der Waals surface area contributed by atoms with E-state index in [1.165, 1.54) is 5.01 Å². The Morgan fingerprint density at radius 3 is 2.11 bits per heavy atom. The van der Waals surface area contributed by atoms with Gasteiger partial charge in [0.1, 0.15) is 0 Å². The minimum Gasteiger partial charge on any atom is -0.307 e. The van der Waals surface area contributed by atoms with Crippen LogP contribution in [0.1, 0.15) is 53.9 Å². The lowest BCUT2D eigenvalue weighted by molar-refractivity contribution is -0.144. The van der Waals surface area contributed by atoms with E-state index in [1.807, 2.05) is 0 Å². The number of amides is 2. The molecule has 2 N–H and O–H groups in total. The normalized spacial score (nSPS) is 31.0. The maximum absolute atomic E-state index is 11.9. The summed E-state index contributed by atoms with van der Waals surface area (Å²) in [5.41, 5.74) is 3.15. The predicted octanol–water partition coefficient (Wildman–Crippen LogP) is 1.20. The van der Waals surface area contributed by atoms with Gasteiger partial charge in [0.15, 0.2) is 0 Å². The molecular formula is C14H25N3O2. The van der Waals surface area contributed by atoms with E-state index in [1.54, 1.807) is 6.92 Å². The van der Waals surface area contributed by atoms with Crippen molar-refractivity contribution in [1.29, 1.82) is 0 Å². The zero-order valence-corrected chi connectivity index (χ0v) is 12.5. The van der Waals surface area contributed by atoms with E-state index in [4.69, 9.17) is 0 Å². The summed E-state index contributed by atoms with van der Waals surface area (Å²) in [6.45, 7) is 10.4. The van der Waals surface area contributed by atoms with Crippen molar-refractivity contribution in [3.63, 3.8) is 0 Å². The van der Waals surface area contributed by atoms with Gasteiger partial charge in [-0.05, 0) is 40.5 Å². The van der Waals surface area contributed by atoms with Crippen molar-refractivity contribution in [3.8, 4) is 0 Å². The van der Waals surface area contributed by atoms with E-state index in [0.29, 0.717) is 6.42 Å². The van der Waals surface area contributed by atoms with Gasteiger partial charge in [0.05, 0.1) is 0 Å². The summed E-state index contributed by atoms with van der Waals surface area (Å²) in [6, 6.07) is 0.143. The summed E-state index contributed by atoms with van der Waals surface area (Å²) in [5.74, 6) is -0.395. The van der Waals surface area contributed by atoms with Crippen LogP contribution in [0.25, 0.3) is 0 Å². The highest BCUT2D eigenvalue weighted by molar-refractivity contribution is 6.02. The van der Waals surface area contributed by atoms with Gasteiger partial charge >= 0.3 is 0 Å². The molecule has 0 radical (unpaired) electrons. The number of hydrogen-bond acceptors (Lipinski definition) is 4. The molecule has 0 aliphatic carbocycles. The maximum Gasteiger partial charge on any atom is 0.247 e. The fraction of sp³-hybridized carbons (Fsp3) is 0.857. The third-order valence-corrected chi connectivity index (χ3v) is 3.87. The minimum atomic E-state index is -0.192. The number of imide groups is 1. The molecule has 5 heteroatoms. The Kier molecular flexibility index (Phi) is 3.47. The zero-order chi connectivity index (χ0) is 14.4. The molecule has 0 spiro atoms. The molecule has 108 valence electrons. The average Bonchev–Trinajstić information content (AvgIpc) is 2.40. The van der Waals surface area contributed by atoms with Gasteiger partial charge in [-0.1, -0.05) is 6.92 Å². The Morgan fingerprint density at radius 2 is 1.68 bits per heavy atom. The number of nitrogens with one attached hydrogen (secondary N) is 2. The molecule has 0 aromatic rings. The monoisotopic (exact) mass is 267 g/mol. The maximum atomic E-state index is 11.9. The molecule has 1 unspecified atom stereocenters. The number of hydrogen-bond donors (Lipinski definition) is 2. The highest BCUT2D eigenvalue weighted by Crippen LogP contribution is 2.29. The first kappa shape index (κ1) is 14.5. The summed E-state index contributed by atoms with van der Waals surface area (Å²) in [5, 5.41) is 4.83. The molecule has 2 aliphatic rings. The summed E-state index contributed by atoms with van der Waals surface area (Å²) >= 11 is 0. The first-order valence-corrected chi connectivity index (χ1v) is 7.02. The summed E-state index contributed by atoms with van der Waals surface area (Å²) in [7, 11) is 0. The molecule has 0 saturated carbocycles. The Labute approximate surface area is 115 Å². The summed E-state index contributed by atoms with van der Waals surface area (Å²) < 4.78 is 0. The van der Waals surface area contributed by atoms with E-state index in [2.05, 4.69) is 38.4 Å². The highest BCUT2D eigenvalue weighted by atomic mass is 16.2. The second-order valence-corrected chi connectivity index (χ2v) is 7.30. The van der Waals surface area contributed by atoms with Gasteiger partial charge in [-0.25, -0.2) is 10.4 Å². The second kappa shape index (κ2) is 4.56. The van der Waals surface area contributed by atoms with Crippen LogP contribution in [-0.2, 0) is 9.59 Å². The number of carbonyl (C=O) groups excluding carboxylic acids is 2. The molecule has 5 nitrogen and oxygen atoms in total. The van der Waals surface area contributed by atoms with Gasteiger partial charge in [0, 0.05) is 29.5 Å². The number of hydrazine groups is 1. The van der Waals surface area contributed by atoms with Crippen molar-refractivity contribution in [3.05, 3.63) is 0 Å². The molecule has 2 heterocycles. The smallest absolute Gasteiger partial charge is 0.247 e. The number of rotatable bonds is 2. The quantitative estimate of drug-likeness (QED) is 0.738. The number of carbonyl (C=O) groups is 2. The standard InChI is InChI=1S/C14H25N3O2/c1-9-6-11(18)17(12(9)19)15-10-7-13(2,3)16-14(4,5)8-10/h9-10,15-16H,6-8H2,1-5H3. The van der Waals surface area contributed by atoms with Crippen molar-refractivity contribution in [2.45, 2.75) is 71.0 Å². The van der Waals surface area contributed by atoms with Crippen LogP contribution < -0.4 is 10.7 Å².